The van der Waals surface area contributed by atoms with Crippen LogP contribution in [-0.2, 0) is 11.3 Å². The van der Waals surface area contributed by atoms with Crippen LogP contribution in [0.4, 0.5) is 0 Å². The van der Waals surface area contributed by atoms with E-state index in [2.05, 4.69) is 0 Å². The van der Waals surface area contributed by atoms with Gasteiger partial charge in [0.2, 0.25) is 11.9 Å². The number of halogens is 1. The number of amides is 1. The first-order chi connectivity index (χ1) is 12.4. The number of nitrogens with zero attached hydrogens (tertiary/aromatic N) is 2. The first kappa shape index (κ1) is 18.2. The second kappa shape index (κ2) is 7.33. The van der Waals surface area contributed by atoms with Crippen molar-refractivity contribution < 1.29 is 14.5 Å². The lowest BCUT2D eigenvalue weighted by atomic mass is 9.95. The fourth-order valence-corrected chi connectivity index (χ4v) is 3.72. The maximum absolute atomic E-state index is 12.8. The Bertz CT molecular complexity index is 825. The molecule has 1 heterocycles. The third kappa shape index (κ3) is 3.24. The molecule has 1 aliphatic heterocycles. The zero-order valence-electron chi connectivity index (χ0n) is 14.5. The van der Waals surface area contributed by atoms with E-state index in [-0.39, 0.29) is 17.4 Å². The molecule has 7 heteroatoms. The van der Waals surface area contributed by atoms with Crippen molar-refractivity contribution in [3.63, 3.8) is 0 Å². The van der Waals surface area contributed by atoms with Crippen LogP contribution in [0.15, 0.2) is 48.5 Å². The Hall–Kier alpha value is -2.60. The summed E-state index contributed by atoms with van der Waals surface area (Å²) >= 11 is 6.30. The van der Waals surface area contributed by atoms with Crippen molar-refractivity contribution in [2.75, 3.05) is 7.11 Å². The average Bonchev–Trinajstić information content (AvgIpc) is 2.88. The number of carbonyl (C=O) groups excluding carboxylic acids is 1. The lowest BCUT2D eigenvalue weighted by Crippen LogP contribution is -2.33. The van der Waals surface area contributed by atoms with E-state index in [9.17, 15) is 14.9 Å². The van der Waals surface area contributed by atoms with Crippen LogP contribution in [0.3, 0.4) is 0 Å². The van der Waals surface area contributed by atoms with Crippen molar-refractivity contribution in [1.29, 1.82) is 0 Å². The highest BCUT2D eigenvalue weighted by atomic mass is 35.5. The first-order valence-corrected chi connectivity index (χ1v) is 8.63. The zero-order valence-corrected chi connectivity index (χ0v) is 15.2. The maximum Gasteiger partial charge on any atom is 0.248 e. The summed E-state index contributed by atoms with van der Waals surface area (Å²) in [5, 5.41) is 12.1. The summed E-state index contributed by atoms with van der Waals surface area (Å²) < 4.78 is 5.14. The molecule has 2 aromatic carbocycles. The fourth-order valence-electron chi connectivity index (χ4n) is 3.47. The Labute approximate surface area is 156 Å². The molecular weight excluding hydrogens is 356 g/mol. The number of hydrogen-bond acceptors (Lipinski definition) is 4. The van der Waals surface area contributed by atoms with Gasteiger partial charge in [-0.2, -0.15) is 0 Å². The van der Waals surface area contributed by atoms with Gasteiger partial charge in [-0.3, -0.25) is 14.9 Å². The lowest BCUT2D eigenvalue weighted by molar-refractivity contribution is -0.532. The normalized spacial score (nSPS) is 22.5. The quantitative estimate of drug-likeness (QED) is 0.590. The molecule has 0 bridgehead atoms. The van der Waals surface area contributed by atoms with E-state index < -0.39 is 18.0 Å². The molecule has 0 aromatic heterocycles. The molecule has 0 unspecified atom stereocenters. The summed E-state index contributed by atoms with van der Waals surface area (Å²) in [6.07, 6.45) is 0. The van der Waals surface area contributed by atoms with E-state index in [1.165, 1.54) is 0 Å². The predicted molar refractivity (Wildman–Crippen MR) is 97.7 cm³/mol. The number of likely N-dealkylation sites (tertiary alicyclic amines) is 1. The van der Waals surface area contributed by atoms with E-state index >= 15 is 0 Å². The standard InChI is InChI=1S/C19H19ClN2O4/c1-12-17(22(24)25)18(15-5-3-4-6-16(15)20)21(19(12)23)11-13-7-9-14(26-2)10-8-13/h3-10,12,17-18H,11H2,1-2H3/t12-,17-,18+/m0/s1. The smallest absolute Gasteiger partial charge is 0.248 e. The summed E-state index contributed by atoms with van der Waals surface area (Å²) in [6, 6.07) is 12.5. The third-order valence-electron chi connectivity index (χ3n) is 4.82. The van der Waals surface area contributed by atoms with Crippen molar-refractivity contribution in [1.82, 2.24) is 4.90 Å². The molecule has 26 heavy (non-hydrogen) atoms. The lowest BCUT2D eigenvalue weighted by Gasteiger charge is -2.26. The van der Waals surface area contributed by atoms with E-state index in [4.69, 9.17) is 16.3 Å². The molecule has 136 valence electrons. The molecule has 0 N–H and O–H groups in total. The van der Waals surface area contributed by atoms with Crippen molar-refractivity contribution in [3.05, 3.63) is 74.8 Å². The minimum Gasteiger partial charge on any atom is -0.497 e. The highest BCUT2D eigenvalue weighted by Crippen LogP contribution is 2.41. The highest BCUT2D eigenvalue weighted by molar-refractivity contribution is 6.31. The predicted octanol–water partition coefficient (Wildman–Crippen LogP) is 3.71. The van der Waals surface area contributed by atoms with E-state index in [1.807, 2.05) is 12.1 Å². The fraction of sp³-hybridized carbons (Fsp3) is 0.316. The Morgan fingerprint density at radius 3 is 2.42 bits per heavy atom. The summed E-state index contributed by atoms with van der Waals surface area (Å²) in [6.45, 7) is 1.88. The number of methoxy groups -OCH3 is 1. The highest BCUT2D eigenvalue weighted by Gasteiger charge is 2.54. The third-order valence-corrected chi connectivity index (χ3v) is 5.17. The van der Waals surface area contributed by atoms with Crippen LogP contribution in [-0.4, -0.2) is 28.9 Å². The van der Waals surface area contributed by atoms with Gasteiger partial charge in [0.25, 0.3) is 0 Å². The van der Waals surface area contributed by atoms with Crippen LogP contribution in [0.1, 0.15) is 24.1 Å². The average molecular weight is 375 g/mol. The molecule has 1 saturated heterocycles. The van der Waals surface area contributed by atoms with Gasteiger partial charge in [-0.15, -0.1) is 0 Å². The molecule has 3 rings (SSSR count). The molecule has 0 aliphatic carbocycles. The van der Waals surface area contributed by atoms with E-state index in [1.54, 1.807) is 55.3 Å². The van der Waals surface area contributed by atoms with Crippen LogP contribution >= 0.6 is 11.6 Å². The van der Waals surface area contributed by atoms with Gasteiger partial charge >= 0.3 is 0 Å². The van der Waals surface area contributed by atoms with Gasteiger partial charge < -0.3 is 9.64 Å². The van der Waals surface area contributed by atoms with E-state index in [0.717, 1.165) is 5.56 Å². The van der Waals surface area contributed by atoms with Gasteiger partial charge in [0.1, 0.15) is 17.7 Å². The van der Waals surface area contributed by atoms with Crippen LogP contribution in [0.2, 0.25) is 5.02 Å². The Kier molecular flexibility index (Phi) is 5.13. The molecule has 2 aromatic rings. The second-order valence-electron chi connectivity index (χ2n) is 6.35. The minimum absolute atomic E-state index is 0.243. The number of rotatable bonds is 5. The summed E-state index contributed by atoms with van der Waals surface area (Å²) in [4.78, 5) is 25.7. The van der Waals surface area contributed by atoms with Gasteiger partial charge in [-0.1, -0.05) is 41.9 Å². The zero-order chi connectivity index (χ0) is 18.8. The number of nitro groups is 1. The Balaban J connectivity index is 2.00. The minimum atomic E-state index is -1.04. The summed E-state index contributed by atoms with van der Waals surface area (Å²) in [5.74, 6) is -0.252. The Morgan fingerprint density at radius 2 is 1.85 bits per heavy atom. The van der Waals surface area contributed by atoms with Crippen molar-refractivity contribution in [2.24, 2.45) is 5.92 Å². The van der Waals surface area contributed by atoms with Gasteiger partial charge in [0, 0.05) is 22.1 Å². The van der Waals surface area contributed by atoms with E-state index in [0.29, 0.717) is 16.3 Å². The summed E-state index contributed by atoms with van der Waals surface area (Å²) in [7, 11) is 1.58. The topological polar surface area (TPSA) is 72.7 Å². The van der Waals surface area contributed by atoms with Crippen LogP contribution in [0.25, 0.3) is 0 Å². The monoisotopic (exact) mass is 374 g/mol. The molecule has 0 spiro atoms. The number of hydrogen-bond donors (Lipinski definition) is 0. The van der Waals surface area contributed by atoms with Crippen LogP contribution in [0, 0.1) is 16.0 Å². The van der Waals surface area contributed by atoms with Crippen LogP contribution < -0.4 is 4.74 Å². The SMILES string of the molecule is COc1ccc(CN2C(=O)[C@@H](C)[C@H]([N+](=O)[O-])[C@H]2c2ccccc2Cl)cc1. The molecule has 0 radical (unpaired) electrons. The summed E-state index contributed by atoms with van der Waals surface area (Å²) in [5.41, 5.74) is 1.47. The number of carbonyl (C=O) groups is 1. The van der Waals surface area contributed by atoms with Crippen molar-refractivity contribution in [3.8, 4) is 5.75 Å². The van der Waals surface area contributed by atoms with Gasteiger partial charge in [0.05, 0.1) is 7.11 Å². The maximum atomic E-state index is 12.8. The largest absolute Gasteiger partial charge is 0.497 e. The molecule has 1 amide bonds. The molecule has 6 nitrogen and oxygen atoms in total. The van der Waals surface area contributed by atoms with Gasteiger partial charge in [-0.25, -0.2) is 0 Å². The molecule has 1 aliphatic rings. The molecule has 0 saturated carbocycles. The first-order valence-electron chi connectivity index (χ1n) is 8.25. The van der Waals surface area contributed by atoms with Gasteiger partial charge in [0.15, 0.2) is 0 Å². The molecule has 3 atom stereocenters. The van der Waals surface area contributed by atoms with Gasteiger partial charge in [-0.05, 0) is 30.7 Å². The second-order valence-corrected chi connectivity index (χ2v) is 6.75. The van der Waals surface area contributed by atoms with Crippen LogP contribution in [0.5, 0.6) is 5.75 Å². The van der Waals surface area contributed by atoms with Crippen molar-refractivity contribution in [2.45, 2.75) is 25.6 Å². The van der Waals surface area contributed by atoms with Crippen molar-refractivity contribution >= 4 is 17.5 Å². The number of ether oxygens (including phenoxy) is 1. The number of benzene rings is 2. The molecular formula is C19H19ClN2O4. The molecule has 1 fully saturated rings. The Morgan fingerprint density at radius 1 is 1.19 bits per heavy atom.